The summed E-state index contributed by atoms with van der Waals surface area (Å²) in [4.78, 5) is 15.7. The Morgan fingerprint density at radius 2 is 2.16 bits per heavy atom. The first-order valence-electron chi connectivity index (χ1n) is 5.74. The van der Waals surface area contributed by atoms with E-state index in [1.807, 2.05) is 19.1 Å². The number of aryl methyl sites for hydroxylation is 1. The van der Waals surface area contributed by atoms with E-state index in [9.17, 15) is 13.2 Å². The molecular formula is C12H14N2O3S2. The number of carbonyl (C=O) groups excluding carboxylic acids is 1. The fourth-order valence-corrected chi connectivity index (χ4v) is 4.15. The van der Waals surface area contributed by atoms with Crippen molar-refractivity contribution in [3.8, 4) is 0 Å². The molecule has 0 bridgehead atoms. The molecule has 1 aromatic rings. The Hall–Kier alpha value is -1.34. The number of aliphatic imine (C=N–C) groups is 1. The quantitative estimate of drug-likeness (QED) is 0.916. The minimum absolute atomic E-state index is 0.0763. The number of thioether (sulfide) groups is 1. The molecule has 1 aliphatic rings. The van der Waals surface area contributed by atoms with Crippen molar-refractivity contribution in [2.75, 3.05) is 23.4 Å². The topological polar surface area (TPSA) is 75.6 Å². The Morgan fingerprint density at radius 1 is 1.42 bits per heavy atom. The molecule has 1 aromatic carbocycles. The van der Waals surface area contributed by atoms with Gasteiger partial charge in [-0.15, -0.1) is 0 Å². The third-order valence-corrected chi connectivity index (χ3v) is 5.75. The van der Waals surface area contributed by atoms with E-state index in [1.165, 1.54) is 11.8 Å². The van der Waals surface area contributed by atoms with Crippen LogP contribution in [0.1, 0.15) is 5.56 Å². The number of rotatable bonds is 3. The fourth-order valence-electron chi connectivity index (χ4n) is 1.64. The number of nitrogens with zero attached hydrogens (tertiary/aromatic N) is 1. The summed E-state index contributed by atoms with van der Waals surface area (Å²) in [6.45, 7) is 2.35. The highest BCUT2D eigenvalue weighted by Gasteiger charge is 2.26. The number of amides is 1. The smallest absolute Gasteiger partial charge is 0.240 e. The van der Waals surface area contributed by atoms with E-state index in [2.05, 4.69) is 10.3 Å². The standard InChI is InChI=1S/C12H14N2O3S2/c1-9-4-2-3-5-10(9)14-11(15)8-19(16,17)12-13-6-7-18-12/h2-5H,6-8H2,1H3,(H,14,15). The third kappa shape index (κ3) is 3.57. The van der Waals surface area contributed by atoms with Crippen LogP contribution in [-0.2, 0) is 14.6 Å². The molecule has 1 aliphatic heterocycles. The highest BCUT2D eigenvalue weighted by Crippen LogP contribution is 2.18. The lowest BCUT2D eigenvalue weighted by molar-refractivity contribution is -0.113. The van der Waals surface area contributed by atoms with Crippen LogP contribution in [0.15, 0.2) is 29.3 Å². The maximum atomic E-state index is 11.9. The number of hydrogen-bond donors (Lipinski definition) is 1. The number of sulfone groups is 1. The summed E-state index contributed by atoms with van der Waals surface area (Å²) in [6.07, 6.45) is 0. The molecule has 1 N–H and O–H groups in total. The van der Waals surface area contributed by atoms with Crippen LogP contribution in [0.3, 0.4) is 0 Å². The Labute approximate surface area is 116 Å². The second kappa shape index (κ2) is 5.75. The van der Waals surface area contributed by atoms with Gasteiger partial charge in [0, 0.05) is 11.4 Å². The first kappa shape index (κ1) is 14.1. The van der Waals surface area contributed by atoms with Crippen molar-refractivity contribution in [1.82, 2.24) is 0 Å². The summed E-state index contributed by atoms with van der Waals surface area (Å²) in [7, 11) is -3.59. The second-order valence-corrected chi connectivity index (χ2v) is 7.37. The van der Waals surface area contributed by atoms with E-state index in [4.69, 9.17) is 0 Å². The van der Waals surface area contributed by atoms with Crippen molar-refractivity contribution >= 4 is 37.6 Å². The van der Waals surface area contributed by atoms with Crippen molar-refractivity contribution in [2.24, 2.45) is 4.99 Å². The molecule has 7 heteroatoms. The number of anilines is 1. The first-order chi connectivity index (χ1) is 8.99. The monoisotopic (exact) mass is 298 g/mol. The fraction of sp³-hybridized carbons (Fsp3) is 0.333. The minimum atomic E-state index is -3.59. The summed E-state index contributed by atoms with van der Waals surface area (Å²) >= 11 is 1.18. The van der Waals surface area contributed by atoms with Gasteiger partial charge in [0.2, 0.25) is 15.7 Å². The summed E-state index contributed by atoms with van der Waals surface area (Å²) in [5, 5.41) is 2.61. The number of hydrogen-bond acceptors (Lipinski definition) is 5. The molecule has 0 aromatic heterocycles. The van der Waals surface area contributed by atoms with Crippen LogP contribution in [0, 0.1) is 6.92 Å². The second-order valence-electron chi connectivity index (χ2n) is 4.12. The number of carbonyl (C=O) groups is 1. The van der Waals surface area contributed by atoms with Crippen molar-refractivity contribution in [3.63, 3.8) is 0 Å². The SMILES string of the molecule is Cc1ccccc1NC(=O)CS(=O)(=O)C1=NCCS1. The number of para-hydroxylation sites is 1. The van der Waals surface area contributed by atoms with E-state index in [-0.39, 0.29) is 4.38 Å². The van der Waals surface area contributed by atoms with E-state index >= 15 is 0 Å². The van der Waals surface area contributed by atoms with Crippen LogP contribution in [-0.4, -0.2) is 36.8 Å². The Kier molecular flexibility index (Phi) is 4.26. The molecule has 0 aliphatic carbocycles. The normalized spacial score (nSPS) is 15.1. The van der Waals surface area contributed by atoms with Gasteiger partial charge in [-0.2, -0.15) is 0 Å². The molecule has 5 nitrogen and oxygen atoms in total. The summed E-state index contributed by atoms with van der Waals surface area (Å²) in [5.41, 5.74) is 1.52. The van der Waals surface area contributed by atoms with Crippen molar-refractivity contribution in [3.05, 3.63) is 29.8 Å². The predicted octanol–water partition coefficient (Wildman–Crippen LogP) is 1.45. The van der Waals surface area contributed by atoms with Crippen LogP contribution >= 0.6 is 11.8 Å². The Bertz CT molecular complexity index is 624. The molecule has 0 unspecified atom stereocenters. The summed E-state index contributed by atoms with van der Waals surface area (Å²) in [6, 6.07) is 7.22. The molecule has 1 amide bonds. The van der Waals surface area contributed by atoms with Crippen LogP contribution in [0.4, 0.5) is 5.69 Å². The van der Waals surface area contributed by atoms with E-state index in [1.54, 1.807) is 12.1 Å². The van der Waals surface area contributed by atoms with Gasteiger partial charge in [0.1, 0.15) is 5.75 Å². The lowest BCUT2D eigenvalue weighted by Crippen LogP contribution is -2.26. The van der Waals surface area contributed by atoms with Gasteiger partial charge in [0.05, 0.1) is 6.54 Å². The molecule has 19 heavy (non-hydrogen) atoms. The average Bonchev–Trinajstić information content (AvgIpc) is 2.85. The van der Waals surface area contributed by atoms with Gasteiger partial charge in [0.25, 0.3) is 0 Å². The Balaban J connectivity index is 2.04. The lowest BCUT2D eigenvalue weighted by Gasteiger charge is -2.08. The van der Waals surface area contributed by atoms with Gasteiger partial charge in [-0.3, -0.25) is 9.79 Å². The summed E-state index contributed by atoms with van der Waals surface area (Å²) < 4.78 is 23.9. The van der Waals surface area contributed by atoms with Gasteiger partial charge in [-0.05, 0) is 18.6 Å². The average molecular weight is 298 g/mol. The largest absolute Gasteiger partial charge is 0.325 e. The Morgan fingerprint density at radius 3 is 2.79 bits per heavy atom. The van der Waals surface area contributed by atoms with Gasteiger partial charge in [-0.25, -0.2) is 8.42 Å². The molecule has 102 valence electrons. The minimum Gasteiger partial charge on any atom is -0.325 e. The van der Waals surface area contributed by atoms with E-state index < -0.39 is 21.5 Å². The first-order valence-corrected chi connectivity index (χ1v) is 8.38. The molecule has 0 saturated carbocycles. The highest BCUT2D eigenvalue weighted by atomic mass is 32.3. The third-order valence-electron chi connectivity index (χ3n) is 2.56. The zero-order chi connectivity index (χ0) is 13.9. The lowest BCUT2D eigenvalue weighted by atomic mass is 10.2. The van der Waals surface area contributed by atoms with Crippen molar-refractivity contribution in [2.45, 2.75) is 6.92 Å². The molecule has 0 radical (unpaired) electrons. The molecule has 1 heterocycles. The van der Waals surface area contributed by atoms with Crippen LogP contribution < -0.4 is 5.32 Å². The van der Waals surface area contributed by atoms with Gasteiger partial charge in [-0.1, -0.05) is 30.0 Å². The van der Waals surface area contributed by atoms with Crippen molar-refractivity contribution in [1.29, 1.82) is 0 Å². The van der Waals surface area contributed by atoms with E-state index in [0.717, 1.165) is 5.56 Å². The zero-order valence-corrected chi connectivity index (χ0v) is 12.1. The molecular weight excluding hydrogens is 284 g/mol. The maximum absolute atomic E-state index is 11.9. The van der Waals surface area contributed by atoms with Gasteiger partial charge in [0.15, 0.2) is 4.38 Å². The summed E-state index contributed by atoms with van der Waals surface area (Å²) in [5.74, 6) is -0.439. The number of nitrogens with one attached hydrogen (secondary N) is 1. The highest BCUT2D eigenvalue weighted by molar-refractivity contribution is 8.35. The predicted molar refractivity (Wildman–Crippen MR) is 78.4 cm³/mol. The molecule has 0 saturated heterocycles. The van der Waals surface area contributed by atoms with Crippen LogP contribution in [0.5, 0.6) is 0 Å². The van der Waals surface area contributed by atoms with Crippen LogP contribution in [0.25, 0.3) is 0 Å². The molecule has 0 fully saturated rings. The van der Waals surface area contributed by atoms with Crippen molar-refractivity contribution < 1.29 is 13.2 Å². The number of benzene rings is 1. The van der Waals surface area contributed by atoms with E-state index in [0.29, 0.717) is 18.0 Å². The molecule has 2 rings (SSSR count). The van der Waals surface area contributed by atoms with Gasteiger partial charge >= 0.3 is 0 Å². The zero-order valence-electron chi connectivity index (χ0n) is 10.4. The maximum Gasteiger partial charge on any atom is 0.240 e. The van der Waals surface area contributed by atoms with Crippen LogP contribution in [0.2, 0.25) is 0 Å². The molecule has 0 spiro atoms. The van der Waals surface area contributed by atoms with Gasteiger partial charge < -0.3 is 5.32 Å². The molecule has 0 atom stereocenters.